The molecule has 0 radical (unpaired) electrons. The van der Waals surface area contributed by atoms with Crippen molar-refractivity contribution in [3.63, 3.8) is 0 Å². The van der Waals surface area contributed by atoms with E-state index in [1.54, 1.807) is 0 Å². The van der Waals surface area contributed by atoms with Crippen molar-refractivity contribution in [2.75, 3.05) is 13.1 Å². The molecule has 2 heterocycles. The van der Waals surface area contributed by atoms with E-state index in [1.807, 2.05) is 0 Å². The molecule has 1 aliphatic rings. The summed E-state index contributed by atoms with van der Waals surface area (Å²) < 4.78 is 13.3. The number of primary amides is 1. The molecule has 1 aromatic heterocycles. The lowest BCUT2D eigenvalue weighted by molar-refractivity contribution is -0.121. The summed E-state index contributed by atoms with van der Waals surface area (Å²) in [4.78, 5) is 27.7. The molecule has 2 rings (SSSR count). The third-order valence-electron chi connectivity index (χ3n) is 2.87. The third kappa shape index (κ3) is 2.25. The Hall–Kier alpha value is -1.98. The Morgan fingerprint density at radius 2 is 2.29 bits per heavy atom. The smallest absolute Gasteiger partial charge is 0.258 e. The van der Waals surface area contributed by atoms with E-state index in [0.717, 1.165) is 0 Å². The van der Waals surface area contributed by atoms with Gasteiger partial charge in [0.15, 0.2) is 0 Å². The van der Waals surface area contributed by atoms with Gasteiger partial charge in [0.25, 0.3) is 5.91 Å². The number of hydrogen-bond donors (Lipinski definition) is 1. The molecule has 6 heteroatoms. The second-order valence-electron chi connectivity index (χ2n) is 3.98. The molecule has 0 bridgehead atoms. The minimum atomic E-state index is -0.792. The molecule has 1 saturated heterocycles. The molecule has 5 nitrogen and oxygen atoms in total. The van der Waals surface area contributed by atoms with Crippen LogP contribution in [0.1, 0.15) is 16.8 Å². The van der Waals surface area contributed by atoms with E-state index in [1.165, 1.54) is 23.2 Å². The van der Waals surface area contributed by atoms with Crippen molar-refractivity contribution >= 4 is 11.8 Å². The van der Waals surface area contributed by atoms with Crippen molar-refractivity contribution in [2.45, 2.75) is 6.42 Å². The summed E-state index contributed by atoms with van der Waals surface area (Å²) in [5, 5.41) is 0. The molecular formula is C11H12FN3O2. The number of rotatable bonds is 2. The molecule has 0 aliphatic carbocycles. The standard InChI is InChI=1S/C11H12FN3O2/c12-9-8(2-1-4-14-9)11(17)15-5-3-7(6-15)10(13)16/h1-2,4,7H,3,5-6H2,(H2,13,16). The lowest BCUT2D eigenvalue weighted by atomic mass is 10.1. The Morgan fingerprint density at radius 3 is 2.88 bits per heavy atom. The molecule has 17 heavy (non-hydrogen) atoms. The van der Waals surface area contributed by atoms with Gasteiger partial charge in [-0.05, 0) is 18.6 Å². The molecule has 90 valence electrons. The summed E-state index contributed by atoms with van der Waals surface area (Å²) >= 11 is 0. The van der Waals surface area contributed by atoms with Crippen molar-refractivity contribution in [2.24, 2.45) is 11.7 Å². The van der Waals surface area contributed by atoms with Gasteiger partial charge in [-0.15, -0.1) is 0 Å². The van der Waals surface area contributed by atoms with Crippen molar-refractivity contribution in [3.05, 3.63) is 29.8 Å². The van der Waals surface area contributed by atoms with Crippen molar-refractivity contribution in [1.82, 2.24) is 9.88 Å². The van der Waals surface area contributed by atoms with E-state index in [4.69, 9.17) is 5.73 Å². The molecule has 0 aromatic carbocycles. The van der Waals surface area contributed by atoms with Crippen LogP contribution in [-0.2, 0) is 4.79 Å². The zero-order valence-electron chi connectivity index (χ0n) is 9.10. The number of carbonyl (C=O) groups is 2. The number of pyridine rings is 1. The van der Waals surface area contributed by atoms with Crippen LogP contribution in [0.25, 0.3) is 0 Å². The fraction of sp³-hybridized carbons (Fsp3) is 0.364. The van der Waals surface area contributed by atoms with Crippen LogP contribution < -0.4 is 5.73 Å². The molecule has 1 fully saturated rings. The summed E-state index contributed by atoms with van der Waals surface area (Å²) in [6.45, 7) is 0.670. The summed E-state index contributed by atoms with van der Waals surface area (Å²) in [6.07, 6.45) is 1.81. The van der Waals surface area contributed by atoms with Crippen LogP contribution in [0.5, 0.6) is 0 Å². The van der Waals surface area contributed by atoms with Crippen LogP contribution in [0.4, 0.5) is 4.39 Å². The number of nitrogens with zero attached hydrogens (tertiary/aromatic N) is 2. The van der Waals surface area contributed by atoms with Crippen molar-refractivity contribution in [1.29, 1.82) is 0 Å². The predicted molar refractivity (Wildman–Crippen MR) is 57.4 cm³/mol. The van der Waals surface area contributed by atoms with Gasteiger partial charge in [-0.3, -0.25) is 9.59 Å². The average Bonchev–Trinajstić information content (AvgIpc) is 2.78. The molecule has 1 atom stereocenters. The van der Waals surface area contributed by atoms with E-state index in [0.29, 0.717) is 13.0 Å². The Morgan fingerprint density at radius 1 is 1.53 bits per heavy atom. The molecule has 1 unspecified atom stereocenters. The summed E-state index contributed by atoms with van der Waals surface area (Å²) in [6, 6.07) is 2.88. The Balaban J connectivity index is 2.13. The maximum atomic E-state index is 13.3. The van der Waals surface area contributed by atoms with Gasteiger partial charge in [-0.2, -0.15) is 4.39 Å². The van der Waals surface area contributed by atoms with Crippen molar-refractivity contribution in [3.8, 4) is 0 Å². The largest absolute Gasteiger partial charge is 0.369 e. The topological polar surface area (TPSA) is 76.3 Å². The highest BCUT2D eigenvalue weighted by Gasteiger charge is 2.31. The number of hydrogen-bond acceptors (Lipinski definition) is 3. The summed E-state index contributed by atoms with van der Waals surface area (Å²) in [5.41, 5.74) is 5.09. The molecule has 2 N–H and O–H groups in total. The maximum absolute atomic E-state index is 13.3. The van der Waals surface area contributed by atoms with Gasteiger partial charge < -0.3 is 10.6 Å². The van der Waals surface area contributed by atoms with Gasteiger partial charge in [-0.25, -0.2) is 4.98 Å². The van der Waals surface area contributed by atoms with Crippen LogP contribution in [0, 0.1) is 11.9 Å². The second-order valence-corrected chi connectivity index (χ2v) is 3.98. The van der Waals surface area contributed by atoms with Gasteiger partial charge in [0, 0.05) is 19.3 Å². The zero-order chi connectivity index (χ0) is 12.4. The van der Waals surface area contributed by atoms with Gasteiger partial charge >= 0.3 is 0 Å². The number of carbonyl (C=O) groups excluding carboxylic acids is 2. The van der Waals surface area contributed by atoms with Crippen LogP contribution in [-0.4, -0.2) is 34.8 Å². The fourth-order valence-electron chi connectivity index (χ4n) is 1.89. The first-order valence-corrected chi connectivity index (χ1v) is 5.28. The SMILES string of the molecule is NC(=O)C1CCN(C(=O)c2cccnc2F)C1. The summed E-state index contributed by atoms with van der Waals surface area (Å²) in [5.74, 6) is -2.00. The average molecular weight is 237 g/mol. The first-order chi connectivity index (χ1) is 8.09. The molecule has 1 aromatic rings. The van der Waals surface area contributed by atoms with Gasteiger partial charge in [0.05, 0.1) is 11.5 Å². The van der Waals surface area contributed by atoms with Crippen LogP contribution in [0.3, 0.4) is 0 Å². The van der Waals surface area contributed by atoms with Crippen LogP contribution in [0.2, 0.25) is 0 Å². The highest BCUT2D eigenvalue weighted by atomic mass is 19.1. The number of aromatic nitrogens is 1. The molecule has 0 saturated carbocycles. The summed E-state index contributed by atoms with van der Waals surface area (Å²) in [7, 11) is 0. The second kappa shape index (κ2) is 4.48. The molecule has 0 spiro atoms. The zero-order valence-corrected chi connectivity index (χ0v) is 9.10. The minimum absolute atomic E-state index is 0.0716. The number of amides is 2. The minimum Gasteiger partial charge on any atom is -0.369 e. The van der Waals surface area contributed by atoms with E-state index >= 15 is 0 Å². The molecule has 2 amide bonds. The van der Waals surface area contributed by atoms with E-state index < -0.39 is 17.8 Å². The number of nitrogens with two attached hydrogens (primary N) is 1. The predicted octanol–water partition coefficient (Wildman–Crippen LogP) is 0.168. The molecular weight excluding hydrogens is 225 g/mol. The van der Waals surface area contributed by atoms with Gasteiger partial charge in [0.2, 0.25) is 11.9 Å². The fourth-order valence-corrected chi connectivity index (χ4v) is 1.89. The molecule has 1 aliphatic heterocycles. The van der Waals surface area contributed by atoms with Crippen molar-refractivity contribution < 1.29 is 14.0 Å². The first kappa shape index (κ1) is 11.5. The van der Waals surface area contributed by atoms with E-state index in [9.17, 15) is 14.0 Å². The van der Waals surface area contributed by atoms with Gasteiger partial charge in [-0.1, -0.05) is 0 Å². The lowest BCUT2D eigenvalue weighted by Gasteiger charge is -2.15. The Bertz CT molecular complexity index is 464. The Kier molecular flexibility index (Phi) is 3.03. The quantitative estimate of drug-likeness (QED) is 0.745. The first-order valence-electron chi connectivity index (χ1n) is 5.28. The highest BCUT2D eigenvalue weighted by Crippen LogP contribution is 2.18. The third-order valence-corrected chi connectivity index (χ3v) is 2.87. The number of likely N-dealkylation sites (tertiary alicyclic amines) is 1. The Labute approximate surface area is 97.4 Å². The maximum Gasteiger partial charge on any atom is 0.258 e. The van der Waals surface area contributed by atoms with E-state index in [2.05, 4.69) is 4.98 Å². The van der Waals surface area contributed by atoms with E-state index in [-0.39, 0.29) is 18.0 Å². The normalized spacial score (nSPS) is 19.4. The lowest BCUT2D eigenvalue weighted by Crippen LogP contribution is -2.32. The van der Waals surface area contributed by atoms with Crippen LogP contribution >= 0.6 is 0 Å². The highest BCUT2D eigenvalue weighted by molar-refractivity contribution is 5.94. The van der Waals surface area contributed by atoms with Gasteiger partial charge in [0.1, 0.15) is 0 Å². The van der Waals surface area contributed by atoms with Crippen LogP contribution in [0.15, 0.2) is 18.3 Å². The monoisotopic (exact) mass is 237 g/mol. The number of halogens is 1.